The first-order chi connectivity index (χ1) is 27.9. The Morgan fingerprint density at radius 3 is 0.196 bits per heavy atom. The molecule has 0 saturated heterocycles. The third-order valence-electron chi connectivity index (χ3n) is 1.47. The predicted octanol–water partition coefficient (Wildman–Crippen LogP) is -0.134. The van der Waals surface area contributed by atoms with Crippen LogP contribution in [0.4, 0.5) is 0 Å². The molecular weight excluding hydrogens is 1800 g/mol. The van der Waals surface area contributed by atoms with Gasteiger partial charge in [-0.1, -0.05) is 0 Å². The van der Waals surface area contributed by atoms with Crippen molar-refractivity contribution in [2.45, 2.75) is 0 Å². The van der Waals surface area contributed by atoms with Gasteiger partial charge in [-0.3, -0.25) is 0 Å². The molecule has 0 aliphatic heterocycles. The quantitative estimate of drug-likeness (QED) is 0.332. The number of rotatable bonds is 0. The van der Waals surface area contributed by atoms with Gasteiger partial charge in [-0.05, 0) is 0 Å². The van der Waals surface area contributed by atoms with Crippen molar-refractivity contribution in [1.82, 2.24) is 0 Å². The fourth-order valence-electron chi connectivity index (χ4n) is 0.590. The molecule has 0 aliphatic carbocycles. The fourth-order valence-corrected chi connectivity index (χ4v) is 143. The molecule has 0 rings (SSSR count). The zero-order valence-corrected chi connectivity index (χ0v) is 68.6. The first-order valence-corrected chi connectivity index (χ1v) is 82.5. The minimum atomic E-state index is 1.37. The molecule has 56 heavy (non-hydrogen) atoms. The second-order valence-corrected chi connectivity index (χ2v) is 99.2. The number of hydrogen-bond acceptors (Lipinski definition) is 2. The molecule has 0 N–H and O–H groups in total. The Kier molecular flexibility index (Phi) is 82.1. The maximum atomic E-state index is 4.82. The Labute approximate surface area is 486 Å². The van der Waals surface area contributed by atoms with E-state index in [0.717, 1.165) is 0 Å². The van der Waals surface area contributed by atoms with E-state index in [-0.39, 0.29) is 0 Å². The molecule has 0 spiro atoms. The van der Waals surface area contributed by atoms with Gasteiger partial charge in [0.25, 0.3) is 0 Å². The van der Waals surface area contributed by atoms with Crippen molar-refractivity contribution in [2.24, 2.45) is 0 Å². The summed E-state index contributed by atoms with van der Waals surface area (Å²) in [6.07, 6.45) is 0. The molecule has 0 saturated carbocycles. The van der Waals surface area contributed by atoms with Crippen LogP contribution in [0.1, 0.15) is 0 Å². The minimum Gasteiger partial charge on any atom is 0 e. The Hall–Kier alpha value is 12.3. The highest BCUT2D eigenvalue weighted by Crippen LogP contribution is 1.46. The lowest BCUT2D eigenvalue weighted by Crippen LogP contribution is -1.41. The van der Waals surface area contributed by atoms with E-state index in [9.17, 15) is 0 Å². The van der Waals surface area contributed by atoms with E-state index in [1.54, 1.807) is 107 Å². The second-order valence-electron chi connectivity index (χ2n) is 3.67. The standard InChI is InChI=1S/S56/c1-3-5-7-9-11-13-15-17-19-21-23-25-27-29-31-33-35-37-39-41-43-45-47-49-51-53-55-56-54-52-50-48-46-44-42-40-38-36-34-32-30-28-26-24-22-20-18-16-14-12-10-8-6-4-2. The summed E-state index contributed by atoms with van der Waals surface area (Å²) in [5.41, 5.74) is 0. The van der Waals surface area contributed by atoms with Crippen LogP contribution in [0.3, 0.4) is 0 Å². The summed E-state index contributed by atoms with van der Waals surface area (Å²) >= 11 is 9.63. The zero-order chi connectivity index (χ0) is 40.2. The van der Waals surface area contributed by atoms with Gasteiger partial charge in [0.15, 0.2) is 0 Å². The largest absolute Gasteiger partial charge is 0 e. The zero-order valence-electron chi connectivity index (χ0n) is 22.9. The van der Waals surface area contributed by atoms with Crippen molar-refractivity contribution in [3.05, 3.63) is 0 Å². The lowest BCUT2D eigenvalue weighted by atomic mass is 30.7. The fraction of sp³-hybridized carbons (Fsp3) is 0. The van der Waals surface area contributed by atoms with Crippen LogP contribution in [0.25, 0.3) is 0 Å². The van der Waals surface area contributed by atoms with E-state index in [2.05, 4.69) is 0 Å². The molecule has 0 aromatic rings. The minimum absolute atomic E-state index is 1.37. The van der Waals surface area contributed by atoms with Crippen LogP contribution in [-0.2, 0) is 502 Å². The van der Waals surface area contributed by atoms with Crippen LogP contribution >= 0.6 is 0 Å². The maximum Gasteiger partial charge on any atom is 0 e. The summed E-state index contributed by atoms with van der Waals surface area (Å²) in [6, 6.07) is 0. The first-order valence-electron chi connectivity index (χ1n) is 9.17. The molecule has 336 valence electrons. The monoisotopic (exact) mass is 1790 g/mol. The van der Waals surface area contributed by atoms with Crippen molar-refractivity contribution >= 4 is 502 Å². The number of hydrogen-bond donors (Lipinski definition) is 0. The maximum absolute atomic E-state index is 4.82. The Morgan fingerprint density at radius 2 is 0.143 bits per heavy atom. The Bertz CT molecular complexity index is 3680. The van der Waals surface area contributed by atoms with Crippen LogP contribution in [0.15, 0.2) is 0 Å². The van der Waals surface area contributed by atoms with Crippen molar-refractivity contribution in [3.8, 4) is 0 Å². The van der Waals surface area contributed by atoms with Crippen LogP contribution < -0.4 is 0 Å². The molecular formula is S56. The lowest BCUT2D eigenvalue weighted by Gasteiger charge is -1.41. The third kappa shape index (κ3) is 66.3. The molecule has 0 heterocycles. The molecule has 0 fully saturated rings. The molecule has 0 atom stereocenters. The van der Waals surface area contributed by atoms with Gasteiger partial charge in [-0.15, -0.1) is 0 Å². The Morgan fingerprint density at radius 1 is 0.0893 bits per heavy atom. The van der Waals surface area contributed by atoms with Gasteiger partial charge in [0.2, 0.25) is 0 Å². The van der Waals surface area contributed by atoms with E-state index in [4.69, 9.17) is 22.4 Å². The lowest BCUT2D eigenvalue weighted by molar-refractivity contribution is 5.95. The van der Waals surface area contributed by atoms with Gasteiger partial charge < -0.3 is 0 Å². The van der Waals surface area contributed by atoms with Gasteiger partial charge >= 0.3 is 0 Å². The SMILES string of the molecule is S=S=S=S=S=S=S=S=S=S=S=S=S=S=S=S=S=S=S=S=S=S=S=S=S=S=S=S=S=S=S=S=S=S=S=S=S=S=S=S=S=S=S=S=S=S=S=S=S=S=S=S=S=S=S=S. The summed E-state index contributed by atoms with van der Waals surface area (Å²) in [7, 11) is 96.7. The molecule has 0 amide bonds. The van der Waals surface area contributed by atoms with E-state index < -0.39 is 0 Å². The predicted molar refractivity (Wildman–Crippen MR) is 412 cm³/mol. The van der Waals surface area contributed by atoms with Crippen molar-refractivity contribution in [3.63, 3.8) is 0 Å². The van der Waals surface area contributed by atoms with E-state index >= 15 is 0 Å². The molecule has 0 bridgehead atoms. The van der Waals surface area contributed by atoms with Gasteiger partial charge in [-0.2, -0.15) is 0 Å². The van der Waals surface area contributed by atoms with Crippen molar-refractivity contribution in [1.29, 1.82) is 0 Å². The molecule has 0 aromatic heterocycles. The summed E-state index contributed by atoms with van der Waals surface area (Å²) in [5, 5.41) is 0. The summed E-state index contributed by atoms with van der Waals surface area (Å²) in [4.78, 5) is 0. The highest BCUT2D eigenvalue weighted by atomic mass is 33.5. The smallest absolute Gasteiger partial charge is 0 e. The van der Waals surface area contributed by atoms with Crippen molar-refractivity contribution < 1.29 is 0 Å². The summed E-state index contributed by atoms with van der Waals surface area (Å²) in [6.45, 7) is 0. The molecule has 0 aliphatic rings. The topological polar surface area (TPSA) is 0 Å². The highest BCUT2D eigenvalue weighted by Gasteiger charge is 1.46. The van der Waals surface area contributed by atoms with E-state index in [1.807, 2.05) is 355 Å². The average Bonchev–Trinajstić information content (AvgIpc) is 3.21. The Balaban J connectivity index is 6.10. The third-order valence-corrected chi connectivity index (χ3v) is 119. The van der Waals surface area contributed by atoms with Crippen LogP contribution in [-0.4, -0.2) is 0 Å². The first kappa shape index (κ1) is 68.3. The summed E-state index contributed by atoms with van der Waals surface area (Å²) < 4.78 is 0. The van der Waals surface area contributed by atoms with Gasteiger partial charge in [0, 0.05) is 502 Å². The van der Waals surface area contributed by atoms with Crippen LogP contribution in [0.2, 0.25) is 0 Å². The normalized spacial score (nSPS) is 7.79. The van der Waals surface area contributed by atoms with Gasteiger partial charge in [0.05, 0.1) is 0 Å². The van der Waals surface area contributed by atoms with Gasteiger partial charge in [-0.25, -0.2) is 0 Å². The molecule has 0 nitrogen and oxygen atoms in total. The molecule has 56 heteroatoms. The second kappa shape index (κ2) is 67.3. The average molecular weight is 1800 g/mol. The van der Waals surface area contributed by atoms with Gasteiger partial charge in [0.1, 0.15) is 0 Å². The molecule has 0 unspecified atom stereocenters. The van der Waals surface area contributed by atoms with E-state index in [0.29, 0.717) is 0 Å². The summed E-state index contributed by atoms with van der Waals surface area (Å²) in [5.74, 6) is 0. The van der Waals surface area contributed by atoms with E-state index in [1.165, 1.54) is 17.8 Å². The van der Waals surface area contributed by atoms with Crippen LogP contribution in [0, 0.1) is 0 Å². The van der Waals surface area contributed by atoms with Crippen molar-refractivity contribution in [2.75, 3.05) is 0 Å². The highest BCUT2D eigenvalue weighted by molar-refractivity contribution is 8.83. The molecule has 0 aromatic carbocycles. The molecule has 0 radical (unpaired) electrons. The van der Waals surface area contributed by atoms with Crippen LogP contribution in [0.5, 0.6) is 0 Å².